The minimum atomic E-state index is -2.04. The summed E-state index contributed by atoms with van der Waals surface area (Å²) in [5.41, 5.74) is -0.00362. The van der Waals surface area contributed by atoms with Gasteiger partial charge in [0.15, 0.2) is 32.7 Å². The molecule has 4 heterocycles. The van der Waals surface area contributed by atoms with Crippen LogP contribution in [-0.2, 0) is 36.1 Å². The quantitative estimate of drug-likeness (QED) is 0.121. The number of rotatable bonds is 8. The SMILES string of the molecule is COc1cc([C@H]2C3=CCn4c(=O)n(CCc5nc6cc(OC)c(OC)cc6n(C)c5=O)c(=O)n4[C@@H]3C[C@@]3(Cl)C(=O)N(CBr)C(=O)[C@@]23Cl)ccc1O. The second kappa shape index (κ2) is 12.3. The second-order valence-electron chi connectivity index (χ2n) is 12.5. The van der Waals surface area contributed by atoms with Gasteiger partial charge in [-0.2, -0.15) is 0 Å². The van der Waals surface area contributed by atoms with Crippen LogP contribution in [0.25, 0.3) is 11.0 Å². The number of likely N-dealkylation sites (tertiary alicyclic amines) is 1. The van der Waals surface area contributed by atoms with E-state index >= 15 is 0 Å². The van der Waals surface area contributed by atoms with E-state index in [0.29, 0.717) is 33.7 Å². The number of allylic oxidation sites excluding steroid dienone is 2. The van der Waals surface area contributed by atoms with Gasteiger partial charge in [0.05, 0.1) is 50.4 Å². The highest BCUT2D eigenvalue weighted by Crippen LogP contribution is 2.63. The van der Waals surface area contributed by atoms with E-state index < -0.39 is 50.5 Å². The first-order chi connectivity index (χ1) is 24.3. The van der Waals surface area contributed by atoms with Crippen molar-refractivity contribution in [3.05, 3.63) is 84.6 Å². The lowest BCUT2D eigenvalue weighted by Gasteiger charge is -2.49. The number of fused-ring (bicyclic) bond motifs is 5. The number of phenolic OH excluding ortho intramolecular Hbond substituents is 1. The molecule has 0 spiro atoms. The van der Waals surface area contributed by atoms with Gasteiger partial charge in [-0.25, -0.2) is 28.5 Å². The van der Waals surface area contributed by atoms with E-state index in [9.17, 15) is 29.1 Å². The van der Waals surface area contributed by atoms with Gasteiger partial charge in [0.2, 0.25) is 0 Å². The zero-order chi connectivity index (χ0) is 36.7. The van der Waals surface area contributed by atoms with Gasteiger partial charge in [0, 0.05) is 44.5 Å². The fourth-order valence-corrected chi connectivity index (χ4v) is 9.00. The van der Waals surface area contributed by atoms with Crippen molar-refractivity contribution in [2.45, 2.75) is 47.6 Å². The topological polar surface area (TPSA) is 169 Å². The lowest BCUT2D eigenvalue weighted by Crippen LogP contribution is -2.59. The smallest absolute Gasteiger partial charge is 0.347 e. The van der Waals surface area contributed by atoms with E-state index in [4.69, 9.17) is 37.4 Å². The number of phenols is 1. The van der Waals surface area contributed by atoms with Crippen LogP contribution in [0.2, 0.25) is 0 Å². The van der Waals surface area contributed by atoms with Crippen LogP contribution in [-0.4, -0.2) is 81.8 Å². The van der Waals surface area contributed by atoms with Gasteiger partial charge in [0.1, 0.15) is 5.69 Å². The average molecular weight is 806 g/mol. The molecular weight excluding hydrogens is 775 g/mol. The number of imide groups is 1. The Labute approximate surface area is 307 Å². The van der Waals surface area contributed by atoms with E-state index in [0.717, 1.165) is 9.47 Å². The number of ether oxygens (including phenoxy) is 3. The molecule has 0 bridgehead atoms. The minimum Gasteiger partial charge on any atom is -0.504 e. The largest absolute Gasteiger partial charge is 0.504 e. The Balaban J connectivity index is 1.32. The molecule has 15 nitrogen and oxygen atoms in total. The normalized spacial score (nSPS) is 23.9. The molecule has 268 valence electrons. The van der Waals surface area contributed by atoms with Gasteiger partial charge in [-0.1, -0.05) is 28.1 Å². The molecule has 1 aliphatic carbocycles. The number of nitrogens with zero attached hydrogens (tertiary/aromatic N) is 6. The Bertz CT molecular complexity index is 2380. The highest BCUT2D eigenvalue weighted by Gasteiger charge is 2.75. The molecule has 1 saturated carbocycles. The summed E-state index contributed by atoms with van der Waals surface area (Å²) in [4.78, 5) is 70.6. The highest BCUT2D eigenvalue weighted by molar-refractivity contribution is 9.09. The molecule has 2 amide bonds. The maximum absolute atomic E-state index is 14.2. The van der Waals surface area contributed by atoms with E-state index in [-0.39, 0.29) is 48.6 Å². The van der Waals surface area contributed by atoms with Crippen molar-refractivity contribution in [1.29, 1.82) is 0 Å². The molecule has 4 aromatic rings. The molecule has 51 heavy (non-hydrogen) atoms. The average Bonchev–Trinajstić information content (AvgIpc) is 3.45. The molecule has 18 heteroatoms. The van der Waals surface area contributed by atoms with Crippen LogP contribution in [0.4, 0.5) is 0 Å². The number of aryl methyl sites for hydroxylation is 2. The third-order valence-corrected chi connectivity index (χ3v) is 12.0. The Morgan fingerprint density at radius 1 is 0.961 bits per heavy atom. The summed E-state index contributed by atoms with van der Waals surface area (Å²) in [6.07, 6.45) is 1.36. The first-order valence-corrected chi connectivity index (χ1v) is 17.6. The second-order valence-corrected chi connectivity index (χ2v) is 14.2. The number of hydrogen-bond donors (Lipinski definition) is 1. The predicted octanol–water partition coefficient (Wildman–Crippen LogP) is 2.38. The number of hydrogen-bond acceptors (Lipinski definition) is 10. The summed E-state index contributed by atoms with van der Waals surface area (Å²) >= 11 is 17.7. The first-order valence-electron chi connectivity index (χ1n) is 15.7. The molecule has 2 aliphatic heterocycles. The maximum atomic E-state index is 14.2. The molecule has 2 aromatic carbocycles. The van der Waals surface area contributed by atoms with Gasteiger partial charge in [0.25, 0.3) is 17.4 Å². The van der Waals surface area contributed by atoms with Crippen molar-refractivity contribution >= 4 is 62.0 Å². The minimum absolute atomic E-state index is 0.0611. The van der Waals surface area contributed by atoms with Crippen LogP contribution < -0.4 is 31.1 Å². The number of halogens is 3. The third kappa shape index (κ3) is 4.75. The number of carbonyl (C=O) groups is 2. The van der Waals surface area contributed by atoms with Crippen molar-refractivity contribution in [3.8, 4) is 23.0 Å². The predicted molar refractivity (Wildman–Crippen MR) is 189 cm³/mol. The first kappa shape index (κ1) is 34.9. The Morgan fingerprint density at radius 3 is 2.31 bits per heavy atom. The van der Waals surface area contributed by atoms with Crippen LogP contribution in [0.5, 0.6) is 23.0 Å². The monoisotopic (exact) mass is 804 g/mol. The Hall–Kier alpha value is -4.54. The van der Waals surface area contributed by atoms with Crippen LogP contribution in [0, 0.1) is 0 Å². The number of aromatic nitrogens is 5. The number of aromatic hydroxyl groups is 1. The summed E-state index contributed by atoms with van der Waals surface area (Å²) in [5.74, 6) is -1.81. The fraction of sp³-hybridized carbons (Fsp3) is 0.394. The fourth-order valence-electron chi connectivity index (χ4n) is 7.59. The van der Waals surface area contributed by atoms with E-state index in [2.05, 4.69) is 20.9 Å². The summed E-state index contributed by atoms with van der Waals surface area (Å²) in [7, 11) is 5.91. The standard InChI is InChI=1S/C33H31BrCl2N6O9/c1-38-20-13-25(51-4)24(50-3)12-19(20)37-18(27(38)44)8-9-39-30(47)41-10-7-17-21(42(41)31(39)48)14-32(35)28(45)40(15-34)29(46)33(32,36)26(17)16-5-6-22(43)23(11-16)49-2/h5-7,11-13,21,26,43H,8-10,14-15H2,1-4H3/t21-,26+,32-,33+/m1/s1. The van der Waals surface area contributed by atoms with Crippen LogP contribution in [0.1, 0.15) is 29.6 Å². The van der Waals surface area contributed by atoms with Gasteiger partial charge < -0.3 is 23.9 Å². The molecule has 3 aliphatic rings. The number of carbonyl (C=O) groups excluding carboxylic acids is 2. The van der Waals surface area contributed by atoms with Crippen molar-refractivity contribution in [2.75, 3.05) is 26.8 Å². The maximum Gasteiger partial charge on any atom is 0.347 e. The van der Waals surface area contributed by atoms with Gasteiger partial charge >= 0.3 is 11.4 Å². The van der Waals surface area contributed by atoms with E-state index in [1.807, 2.05) is 0 Å². The molecule has 7 rings (SSSR count). The van der Waals surface area contributed by atoms with Crippen LogP contribution in [0.3, 0.4) is 0 Å². The molecule has 0 unspecified atom stereocenters. The molecule has 1 N–H and O–H groups in total. The van der Waals surface area contributed by atoms with Crippen molar-refractivity contribution in [2.24, 2.45) is 7.05 Å². The zero-order valence-corrected chi connectivity index (χ0v) is 30.8. The summed E-state index contributed by atoms with van der Waals surface area (Å²) < 4.78 is 21.0. The molecule has 2 fully saturated rings. The van der Waals surface area contributed by atoms with Crippen molar-refractivity contribution in [1.82, 2.24) is 28.4 Å². The number of benzene rings is 2. The van der Waals surface area contributed by atoms with Gasteiger partial charge in [-0.05, 0) is 23.3 Å². The van der Waals surface area contributed by atoms with Crippen LogP contribution >= 0.6 is 39.1 Å². The van der Waals surface area contributed by atoms with Gasteiger partial charge in [-0.3, -0.25) is 19.3 Å². The Morgan fingerprint density at radius 2 is 1.65 bits per heavy atom. The number of alkyl halides is 3. The lowest BCUT2D eigenvalue weighted by molar-refractivity contribution is -0.138. The highest BCUT2D eigenvalue weighted by atomic mass is 79.9. The Kier molecular flexibility index (Phi) is 8.42. The molecular formula is C33H31BrCl2N6O9. The summed E-state index contributed by atoms with van der Waals surface area (Å²) in [5, 5.41) is 10.3. The zero-order valence-electron chi connectivity index (χ0n) is 27.7. The van der Waals surface area contributed by atoms with E-state index in [1.165, 1.54) is 47.4 Å². The summed E-state index contributed by atoms with van der Waals surface area (Å²) in [6, 6.07) is 6.71. The number of amides is 2. The lowest BCUT2D eigenvalue weighted by atomic mass is 9.64. The van der Waals surface area contributed by atoms with Crippen LogP contribution in [0.15, 0.2) is 56.4 Å². The third-order valence-electron chi connectivity index (χ3n) is 10.1. The van der Waals surface area contributed by atoms with Crippen molar-refractivity contribution in [3.63, 3.8) is 0 Å². The molecule has 1 saturated heterocycles. The van der Waals surface area contributed by atoms with E-state index in [1.54, 1.807) is 31.3 Å². The number of methoxy groups -OCH3 is 3. The summed E-state index contributed by atoms with van der Waals surface area (Å²) in [6.45, 7) is -0.255. The van der Waals surface area contributed by atoms with Gasteiger partial charge in [-0.15, -0.1) is 23.2 Å². The molecule has 2 aromatic heterocycles. The van der Waals surface area contributed by atoms with Crippen molar-refractivity contribution < 1.29 is 28.9 Å². The molecule has 0 radical (unpaired) electrons. The molecule has 4 atom stereocenters.